The van der Waals surface area contributed by atoms with Crippen LogP contribution >= 0.6 is 241 Å². The molecule has 0 spiro atoms. The molecule has 0 N–H and O–H groups in total. The van der Waals surface area contributed by atoms with E-state index in [0.29, 0.717) is 0 Å². The zero-order valence-corrected chi connectivity index (χ0v) is 56.6. The van der Waals surface area contributed by atoms with Gasteiger partial charge in [-0.2, -0.15) is 0 Å². The first kappa shape index (κ1) is 51.2. The number of thiophene rings is 10. The molecule has 0 fully saturated rings. The van der Waals surface area contributed by atoms with Gasteiger partial charge < -0.3 is 0 Å². The Kier molecular flexibility index (Phi) is 15.3. The van der Waals surface area contributed by atoms with Crippen LogP contribution in [0.3, 0.4) is 0 Å². The zero-order chi connectivity index (χ0) is 48.9. The first-order chi connectivity index (χ1) is 33.8. The molecule has 0 aliphatic heterocycles. The highest BCUT2D eigenvalue weighted by Gasteiger charge is 2.28. The number of hydrogen-bond donors (Lipinski definition) is 0. The zero-order valence-electron chi connectivity index (χ0n) is 35.7. The number of fused-ring (bicyclic) bond motifs is 10. The normalized spacial score (nSPS) is 11.3. The predicted octanol–water partition coefficient (Wildman–Crippen LogP) is 25.2. The molecule has 10 heterocycles. The summed E-state index contributed by atoms with van der Waals surface area (Å²) in [5.74, 6) is 24.6. The van der Waals surface area contributed by atoms with Crippen LogP contribution in [-0.4, -0.2) is 0 Å². The Morgan fingerprint density at radius 1 is 0.286 bits per heavy atom. The summed E-state index contributed by atoms with van der Waals surface area (Å²) in [6, 6.07) is 16.9. The van der Waals surface area contributed by atoms with Crippen molar-refractivity contribution in [1.82, 2.24) is 0 Å². The number of hydrogen-bond acceptors (Lipinski definition) is 10. The molecule has 0 aliphatic rings. The summed E-state index contributed by atoms with van der Waals surface area (Å²) >= 11 is 49.3. The fourth-order valence-electron chi connectivity index (χ4n) is 7.64. The van der Waals surface area contributed by atoms with E-state index in [4.69, 9.17) is 0 Å². The lowest BCUT2D eigenvalue weighted by atomic mass is 10.1. The molecule has 18 heteroatoms. The molecule has 10 aromatic heterocycles. The van der Waals surface area contributed by atoms with Crippen LogP contribution in [0, 0.1) is 47.4 Å². The number of benzene rings is 2. The second-order valence-electron chi connectivity index (χ2n) is 14.8. The third-order valence-corrected chi connectivity index (χ3v) is 32.4. The minimum atomic E-state index is 1.02. The lowest BCUT2D eigenvalue weighted by Gasteiger charge is -2.04. The van der Waals surface area contributed by atoms with E-state index in [1.165, 1.54) is 115 Å². The lowest BCUT2D eigenvalue weighted by Crippen LogP contribution is -1.80. The van der Waals surface area contributed by atoms with Crippen molar-refractivity contribution in [2.24, 2.45) is 0 Å². The van der Waals surface area contributed by atoms with E-state index in [2.05, 4.69) is 223 Å². The molecule has 0 unspecified atom stereocenters. The van der Waals surface area contributed by atoms with Crippen LogP contribution in [0.4, 0.5) is 0 Å². The lowest BCUT2D eigenvalue weighted by molar-refractivity contribution is 1.59. The molecule has 2 aromatic carbocycles. The van der Waals surface area contributed by atoms with Gasteiger partial charge in [0, 0.05) is 40.1 Å². The van der Waals surface area contributed by atoms with E-state index >= 15 is 0 Å². The van der Waals surface area contributed by atoms with Gasteiger partial charge in [0.15, 0.2) is 0 Å². The number of rotatable bonds is 4. The van der Waals surface area contributed by atoms with Crippen LogP contribution in [-0.2, 0) is 0 Å². The van der Waals surface area contributed by atoms with Crippen molar-refractivity contribution in [2.45, 2.75) is 27.7 Å². The first-order valence-electron chi connectivity index (χ1n) is 20.2. The van der Waals surface area contributed by atoms with Crippen LogP contribution < -0.4 is 0 Å². The summed E-state index contributed by atoms with van der Waals surface area (Å²) in [6.45, 7) is 7.48. The molecule has 344 valence electrons. The Bertz CT molecular complexity index is 4150. The summed E-state index contributed by atoms with van der Waals surface area (Å²) in [7, 11) is 0. The van der Waals surface area contributed by atoms with Gasteiger partial charge >= 0.3 is 0 Å². The maximum absolute atomic E-state index is 3.94. The standard InChI is InChI=1S/C28H12Br4S4.C24H8Br4S6/c1-3-5-13-7-9-15(17(29)11-13)21-19(31)23-25(33-21)27-28(35-23)26-24(36-27)20(32)22(34-26)16-10-8-14(6-4-2)12-18(16)30;1-3-5-9-7-11(25)15(29-9)17-13(27)19-21(31-17)23-24(33-19)22-20(34-23)14(28)18(32-22)16-12(26)8-10(30-16)6-4-2/h7-12H,1-2H3;7-8H,1-2H3. The van der Waals surface area contributed by atoms with Gasteiger partial charge in [-0.1, -0.05) is 67.7 Å². The predicted molar refractivity (Wildman–Crippen MR) is 350 cm³/mol. The Morgan fingerprint density at radius 2 is 0.586 bits per heavy atom. The molecule has 0 saturated heterocycles. The molecule has 0 saturated carbocycles. The van der Waals surface area contributed by atoms with Gasteiger partial charge in [0.25, 0.3) is 0 Å². The second-order valence-corrected chi connectivity index (χ2v) is 31.7. The molecular weight excluding hydrogens is 1580 g/mol. The van der Waals surface area contributed by atoms with Gasteiger partial charge in [-0.25, -0.2) is 0 Å². The minimum absolute atomic E-state index is 1.02. The third kappa shape index (κ3) is 8.93. The van der Waals surface area contributed by atoms with Crippen LogP contribution in [0.25, 0.3) is 96.8 Å². The second kappa shape index (κ2) is 20.9. The van der Waals surface area contributed by atoms with E-state index in [1.54, 1.807) is 22.7 Å². The molecule has 0 bridgehead atoms. The van der Waals surface area contributed by atoms with E-state index < -0.39 is 0 Å². The fourth-order valence-corrected chi connectivity index (χ4v) is 28.9. The van der Waals surface area contributed by atoms with Crippen molar-refractivity contribution < 1.29 is 0 Å². The topological polar surface area (TPSA) is 0 Å². The molecule has 70 heavy (non-hydrogen) atoms. The average Bonchev–Trinajstić information content (AvgIpc) is 4.22. The number of halogens is 8. The Morgan fingerprint density at radius 3 is 0.900 bits per heavy atom. The SMILES string of the molecule is CC#Cc1cc(Br)c(-c2sc3c(sc4c5sc(-c6sc(C#CC)cc6Br)c(Br)c5sc34)c2Br)s1.CC#Cc1ccc(-c2sc3c(sc4c5sc(-c6ccc(C#CC)cc6Br)c(Br)c5sc34)c2Br)c(Br)c1. The maximum atomic E-state index is 3.94. The van der Waals surface area contributed by atoms with Crippen molar-refractivity contribution in [3.8, 4) is 87.8 Å². The third-order valence-electron chi connectivity index (χ3n) is 10.5. The van der Waals surface area contributed by atoms with Crippen LogP contribution in [0.5, 0.6) is 0 Å². The summed E-state index contributed by atoms with van der Waals surface area (Å²) in [6.07, 6.45) is 0. The van der Waals surface area contributed by atoms with E-state index in [1.807, 2.05) is 118 Å². The van der Waals surface area contributed by atoms with Crippen molar-refractivity contribution in [3.05, 3.63) is 105 Å². The molecule has 0 aliphatic carbocycles. The molecular formula is C52H20Br8S10. The smallest absolute Gasteiger partial charge is 0.0786 e. The van der Waals surface area contributed by atoms with E-state index in [9.17, 15) is 0 Å². The van der Waals surface area contributed by atoms with Crippen molar-refractivity contribution in [2.75, 3.05) is 0 Å². The van der Waals surface area contributed by atoms with Crippen molar-refractivity contribution in [3.63, 3.8) is 0 Å². The Balaban J connectivity index is 0.000000153. The summed E-state index contributed by atoms with van der Waals surface area (Å²) in [4.78, 5) is 9.68. The molecule has 0 amide bonds. The highest BCUT2D eigenvalue weighted by molar-refractivity contribution is 9.12. The molecule has 0 nitrogen and oxygen atoms in total. The fraction of sp³-hybridized carbons (Fsp3) is 0.0769. The van der Waals surface area contributed by atoms with Crippen LogP contribution in [0.2, 0.25) is 0 Å². The van der Waals surface area contributed by atoms with Crippen LogP contribution in [0.15, 0.2) is 84.3 Å². The van der Waals surface area contributed by atoms with Gasteiger partial charge in [-0.3, -0.25) is 0 Å². The van der Waals surface area contributed by atoms with Crippen molar-refractivity contribution >= 4 is 297 Å². The largest absolute Gasteiger partial charge is 0.131 e. The van der Waals surface area contributed by atoms with Gasteiger partial charge in [0.2, 0.25) is 0 Å². The minimum Gasteiger partial charge on any atom is -0.131 e. The maximum Gasteiger partial charge on any atom is 0.0786 e. The van der Waals surface area contributed by atoms with E-state index in [0.717, 1.165) is 38.8 Å². The molecule has 12 aromatic rings. The van der Waals surface area contributed by atoms with Crippen LogP contribution in [0.1, 0.15) is 48.6 Å². The van der Waals surface area contributed by atoms with E-state index in [-0.39, 0.29) is 0 Å². The van der Waals surface area contributed by atoms with Gasteiger partial charge in [0.05, 0.1) is 113 Å². The van der Waals surface area contributed by atoms with Gasteiger partial charge in [-0.05, 0) is 160 Å². The molecule has 0 radical (unpaired) electrons. The quantitative estimate of drug-likeness (QED) is 0.154. The average molecular weight is 1600 g/mol. The Hall–Kier alpha value is -0.920. The van der Waals surface area contributed by atoms with Gasteiger partial charge in [-0.15, -0.1) is 137 Å². The van der Waals surface area contributed by atoms with Gasteiger partial charge in [0.1, 0.15) is 0 Å². The molecule has 12 rings (SSSR count). The first-order valence-corrected chi connectivity index (χ1v) is 34.7. The summed E-state index contributed by atoms with van der Waals surface area (Å²) in [5, 5.41) is 0. The van der Waals surface area contributed by atoms with Crippen molar-refractivity contribution in [1.29, 1.82) is 0 Å². The molecule has 0 atom stereocenters. The summed E-state index contributed by atoms with van der Waals surface area (Å²) < 4.78 is 25.3. The highest BCUT2D eigenvalue weighted by Crippen LogP contribution is 2.60. The highest BCUT2D eigenvalue weighted by atomic mass is 79.9. The monoisotopic (exact) mass is 1600 g/mol. The Labute approximate surface area is 510 Å². The summed E-state index contributed by atoms with van der Waals surface area (Å²) in [5.41, 5.74) is 4.41.